The molecule has 1 aromatic carbocycles. The van der Waals surface area contributed by atoms with Crippen LogP contribution in [-0.4, -0.2) is 45.3 Å². The maximum Gasteiger partial charge on any atom is 0.253 e. The van der Waals surface area contributed by atoms with E-state index in [1.54, 1.807) is 17.2 Å². The topological polar surface area (TPSA) is 69.2 Å². The second kappa shape index (κ2) is 4.42. The third-order valence-electron chi connectivity index (χ3n) is 3.37. The Bertz CT molecular complexity index is 578. The molecular formula is C13H15N3O2. The molecule has 0 spiro atoms. The molecule has 0 radical (unpaired) electrons. The number of piperidine rings is 1. The number of carbonyl (C=O) groups excluding carboxylic acids is 1. The molecule has 94 valence electrons. The van der Waals surface area contributed by atoms with Gasteiger partial charge in [-0.05, 0) is 31.0 Å². The monoisotopic (exact) mass is 245 g/mol. The highest BCUT2D eigenvalue weighted by atomic mass is 16.3. The van der Waals surface area contributed by atoms with E-state index < -0.39 is 0 Å². The Morgan fingerprint density at radius 3 is 3.22 bits per heavy atom. The molecule has 0 unspecified atom stereocenters. The van der Waals surface area contributed by atoms with Gasteiger partial charge in [-0.25, -0.2) is 0 Å². The number of aliphatic hydroxyl groups is 1. The highest BCUT2D eigenvalue weighted by molar-refractivity contribution is 5.97. The SMILES string of the molecule is O=C(c1ccc2[nH]ncc2c1)N1CCC[C@H](O)C1. The van der Waals surface area contributed by atoms with Crippen molar-refractivity contribution in [3.05, 3.63) is 30.0 Å². The van der Waals surface area contributed by atoms with Crippen LogP contribution in [0, 0.1) is 0 Å². The van der Waals surface area contributed by atoms with Crippen molar-refractivity contribution < 1.29 is 9.90 Å². The van der Waals surface area contributed by atoms with Crippen LogP contribution >= 0.6 is 0 Å². The highest BCUT2D eigenvalue weighted by Crippen LogP contribution is 2.17. The molecule has 0 saturated carbocycles. The molecule has 5 heteroatoms. The lowest BCUT2D eigenvalue weighted by atomic mass is 10.1. The van der Waals surface area contributed by atoms with Crippen molar-refractivity contribution in [2.24, 2.45) is 0 Å². The fourth-order valence-corrected chi connectivity index (χ4v) is 2.40. The largest absolute Gasteiger partial charge is 0.391 e. The maximum absolute atomic E-state index is 12.3. The molecule has 1 saturated heterocycles. The lowest BCUT2D eigenvalue weighted by Crippen LogP contribution is -2.42. The van der Waals surface area contributed by atoms with E-state index in [1.165, 1.54) is 0 Å². The summed E-state index contributed by atoms with van der Waals surface area (Å²) in [6.07, 6.45) is 2.96. The molecule has 5 nitrogen and oxygen atoms in total. The number of aromatic amines is 1. The first kappa shape index (κ1) is 11.2. The number of H-pyrrole nitrogens is 1. The molecule has 2 N–H and O–H groups in total. The number of benzene rings is 1. The summed E-state index contributed by atoms with van der Waals surface area (Å²) in [4.78, 5) is 14.0. The molecule has 1 atom stereocenters. The zero-order valence-electron chi connectivity index (χ0n) is 9.97. The maximum atomic E-state index is 12.3. The normalized spacial score (nSPS) is 20.3. The smallest absolute Gasteiger partial charge is 0.253 e. The van der Waals surface area contributed by atoms with Gasteiger partial charge in [0.25, 0.3) is 5.91 Å². The minimum absolute atomic E-state index is 0.0168. The van der Waals surface area contributed by atoms with E-state index in [0.29, 0.717) is 12.1 Å². The van der Waals surface area contributed by atoms with E-state index in [4.69, 9.17) is 0 Å². The number of fused-ring (bicyclic) bond motifs is 1. The molecule has 0 aliphatic carbocycles. The van der Waals surface area contributed by atoms with Gasteiger partial charge < -0.3 is 10.0 Å². The minimum Gasteiger partial charge on any atom is -0.391 e. The molecule has 1 amide bonds. The molecule has 0 bridgehead atoms. The van der Waals surface area contributed by atoms with E-state index in [1.807, 2.05) is 12.1 Å². The van der Waals surface area contributed by atoms with Crippen molar-refractivity contribution in [2.45, 2.75) is 18.9 Å². The fourth-order valence-electron chi connectivity index (χ4n) is 2.40. The summed E-state index contributed by atoms with van der Waals surface area (Å²) >= 11 is 0. The van der Waals surface area contributed by atoms with Crippen molar-refractivity contribution in [1.82, 2.24) is 15.1 Å². The predicted octanol–water partition coefficient (Wildman–Crippen LogP) is 1.16. The molecule has 1 aromatic heterocycles. The van der Waals surface area contributed by atoms with Crippen LogP contribution in [0.5, 0.6) is 0 Å². The second-order valence-electron chi connectivity index (χ2n) is 4.72. The lowest BCUT2D eigenvalue weighted by molar-refractivity contribution is 0.0474. The van der Waals surface area contributed by atoms with Gasteiger partial charge in [-0.1, -0.05) is 0 Å². The number of rotatable bonds is 1. The highest BCUT2D eigenvalue weighted by Gasteiger charge is 2.23. The van der Waals surface area contributed by atoms with E-state index >= 15 is 0 Å². The van der Waals surface area contributed by atoms with E-state index in [-0.39, 0.29) is 12.0 Å². The molecule has 1 aliphatic rings. The van der Waals surface area contributed by atoms with Crippen LogP contribution in [0.15, 0.2) is 24.4 Å². The Hall–Kier alpha value is -1.88. The van der Waals surface area contributed by atoms with Crippen molar-refractivity contribution in [2.75, 3.05) is 13.1 Å². The third kappa shape index (κ3) is 1.97. The Morgan fingerprint density at radius 1 is 1.50 bits per heavy atom. The quantitative estimate of drug-likeness (QED) is 0.792. The van der Waals surface area contributed by atoms with Crippen LogP contribution in [0.4, 0.5) is 0 Å². The van der Waals surface area contributed by atoms with Gasteiger partial charge in [-0.15, -0.1) is 0 Å². The standard InChI is InChI=1S/C13H15N3O2/c17-11-2-1-5-16(8-11)13(18)9-3-4-12-10(6-9)7-14-15-12/h3-4,6-7,11,17H,1-2,5,8H2,(H,14,15)/t11-/m0/s1. The minimum atomic E-state index is -0.389. The van der Waals surface area contributed by atoms with E-state index in [9.17, 15) is 9.90 Å². The number of aromatic nitrogens is 2. The van der Waals surface area contributed by atoms with Crippen molar-refractivity contribution in [3.63, 3.8) is 0 Å². The van der Waals surface area contributed by atoms with E-state index in [0.717, 1.165) is 30.3 Å². The van der Waals surface area contributed by atoms with Gasteiger partial charge in [0.15, 0.2) is 0 Å². The van der Waals surface area contributed by atoms with Gasteiger partial charge in [-0.3, -0.25) is 9.89 Å². The Morgan fingerprint density at radius 2 is 2.39 bits per heavy atom. The molecule has 1 aliphatic heterocycles. The summed E-state index contributed by atoms with van der Waals surface area (Å²) in [5, 5.41) is 17.3. The molecule has 18 heavy (non-hydrogen) atoms. The zero-order valence-corrected chi connectivity index (χ0v) is 9.97. The Balaban J connectivity index is 1.86. The summed E-state index contributed by atoms with van der Waals surface area (Å²) in [6, 6.07) is 5.49. The van der Waals surface area contributed by atoms with Crippen LogP contribution in [0.25, 0.3) is 10.9 Å². The van der Waals surface area contributed by atoms with Gasteiger partial charge in [0.1, 0.15) is 0 Å². The first-order valence-electron chi connectivity index (χ1n) is 6.14. The Kier molecular flexibility index (Phi) is 2.76. The van der Waals surface area contributed by atoms with Crippen LogP contribution in [0.3, 0.4) is 0 Å². The first-order chi connectivity index (χ1) is 8.74. The van der Waals surface area contributed by atoms with Crippen molar-refractivity contribution in [1.29, 1.82) is 0 Å². The summed E-state index contributed by atoms with van der Waals surface area (Å²) in [6.45, 7) is 1.15. The lowest BCUT2D eigenvalue weighted by Gasteiger charge is -2.30. The predicted molar refractivity (Wildman–Crippen MR) is 67.2 cm³/mol. The van der Waals surface area contributed by atoms with Crippen LogP contribution in [-0.2, 0) is 0 Å². The number of carbonyl (C=O) groups is 1. The third-order valence-corrected chi connectivity index (χ3v) is 3.37. The van der Waals surface area contributed by atoms with E-state index in [2.05, 4.69) is 10.2 Å². The number of hydrogen-bond donors (Lipinski definition) is 2. The summed E-state index contributed by atoms with van der Waals surface area (Å²) in [7, 11) is 0. The van der Waals surface area contributed by atoms with Crippen molar-refractivity contribution in [3.8, 4) is 0 Å². The molecule has 1 fully saturated rings. The molecule has 2 aromatic rings. The molecule has 2 heterocycles. The van der Waals surface area contributed by atoms with Gasteiger partial charge in [0.05, 0.1) is 17.8 Å². The van der Waals surface area contributed by atoms with Gasteiger partial charge in [-0.2, -0.15) is 5.10 Å². The second-order valence-corrected chi connectivity index (χ2v) is 4.72. The molecular weight excluding hydrogens is 230 g/mol. The summed E-state index contributed by atoms with van der Waals surface area (Å²) in [5.74, 6) is -0.0168. The van der Waals surface area contributed by atoms with Crippen LogP contribution in [0.2, 0.25) is 0 Å². The number of β-amino-alcohol motifs (C(OH)–C–C–N with tert-alkyl or cyclic N) is 1. The van der Waals surface area contributed by atoms with Crippen LogP contribution < -0.4 is 0 Å². The van der Waals surface area contributed by atoms with Gasteiger partial charge >= 0.3 is 0 Å². The summed E-state index contributed by atoms with van der Waals surface area (Å²) < 4.78 is 0. The summed E-state index contributed by atoms with van der Waals surface area (Å²) in [5.41, 5.74) is 1.57. The van der Waals surface area contributed by atoms with Gasteiger partial charge in [0, 0.05) is 24.0 Å². The van der Waals surface area contributed by atoms with Crippen molar-refractivity contribution >= 4 is 16.8 Å². The van der Waals surface area contributed by atoms with Gasteiger partial charge in [0.2, 0.25) is 0 Å². The number of likely N-dealkylation sites (tertiary alicyclic amines) is 1. The van der Waals surface area contributed by atoms with Crippen LogP contribution in [0.1, 0.15) is 23.2 Å². The molecule has 3 rings (SSSR count). The Labute approximate surface area is 104 Å². The fraction of sp³-hybridized carbons (Fsp3) is 0.385. The number of nitrogens with one attached hydrogen (secondary N) is 1. The average Bonchev–Trinajstić information content (AvgIpc) is 2.85. The number of nitrogens with zero attached hydrogens (tertiary/aromatic N) is 2. The number of hydrogen-bond acceptors (Lipinski definition) is 3. The average molecular weight is 245 g/mol. The number of amides is 1. The number of aliphatic hydroxyl groups excluding tert-OH is 1. The zero-order chi connectivity index (χ0) is 12.5. The first-order valence-corrected chi connectivity index (χ1v) is 6.14.